The van der Waals surface area contributed by atoms with Gasteiger partial charge in [-0.3, -0.25) is 9.59 Å². The third kappa shape index (κ3) is 3.35. The lowest BCUT2D eigenvalue weighted by atomic mass is 9.90. The number of hydrogen-bond donors (Lipinski definition) is 1. The maximum Gasteiger partial charge on any atom is 0.180 e. The van der Waals surface area contributed by atoms with Gasteiger partial charge in [0, 0.05) is 42.2 Å². The molecule has 3 heterocycles. The van der Waals surface area contributed by atoms with Crippen LogP contribution in [-0.4, -0.2) is 36.3 Å². The van der Waals surface area contributed by atoms with Crippen molar-refractivity contribution < 1.29 is 14.3 Å². The molecule has 1 saturated heterocycles. The first kappa shape index (κ1) is 19.4. The molecule has 156 valence electrons. The van der Waals surface area contributed by atoms with Gasteiger partial charge in [-0.1, -0.05) is 26.0 Å². The van der Waals surface area contributed by atoms with E-state index in [-0.39, 0.29) is 17.5 Å². The summed E-state index contributed by atoms with van der Waals surface area (Å²) in [5, 5.41) is 3.42. The molecule has 0 spiro atoms. The highest BCUT2D eigenvalue weighted by Gasteiger charge is 2.54. The Morgan fingerprint density at radius 3 is 2.77 bits per heavy atom. The number of carbonyl (C=O) groups is 2. The SMILES string of the molecule is CCC(=O)c1cc(C(=O)CC2[C@H]3COC[C@@H]23)cc([C@H](C)c2cccc3c2CCN3)n1. The number of ketones is 2. The fourth-order valence-electron chi connectivity index (χ4n) is 5.19. The number of anilines is 1. The molecular weight excluding hydrogens is 376 g/mol. The number of nitrogens with one attached hydrogen (secondary N) is 1. The Balaban J connectivity index is 1.47. The molecule has 30 heavy (non-hydrogen) atoms. The van der Waals surface area contributed by atoms with Gasteiger partial charge in [0.25, 0.3) is 0 Å². The van der Waals surface area contributed by atoms with Gasteiger partial charge in [0.2, 0.25) is 0 Å². The van der Waals surface area contributed by atoms with Gasteiger partial charge < -0.3 is 10.1 Å². The summed E-state index contributed by atoms with van der Waals surface area (Å²) in [6.45, 7) is 6.47. The summed E-state index contributed by atoms with van der Waals surface area (Å²) in [5.41, 5.74) is 5.56. The molecule has 2 aromatic rings. The molecule has 2 fully saturated rings. The largest absolute Gasteiger partial charge is 0.384 e. The number of nitrogens with zero attached hydrogens (tertiary/aromatic N) is 1. The van der Waals surface area contributed by atoms with Gasteiger partial charge in [-0.15, -0.1) is 0 Å². The molecule has 0 radical (unpaired) electrons. The molecule has 5 nitrogen and oxygen atoms in total. The van der Waals surface area contributed by atoms with Crippen LogP contribution in [0.1, 0.15) is 70.3 Å². The summed E-state index contributed by atoms with van der Waals surface area (Å²) >= 11 is 0. The Kier molecular flexibility index (Phi) is 4.94. The molecule has 3 aliphatic rings. The molecule has 0 amide bonds. The van der Waals surface area contributed by atoms with Crippen LogP contribution in [0.15, 0.2) is 30.3 Å². The van der Waals surface area contributed by atoms with E-state index in [1.165, 1.54) is 16.8 Å². The normalized spacial score (nSPS) is 24.7. The van der Waals surface area contributed by atoms with Gasteiger partial charge in [0.1, 0.15) is 5.69 Å². The number of fused-ring (bicyclic) bond motifs is 2. The molecule has 1 aliphatic carbocycles. The van der Waals surface area contributed by atoms with Crippen molar-refractivity contribution in [1.82, 2.24) is 4.98 Å². The van der Waals surface area contributed by atoms with E-state index in [1.54, 1.807) is 6.07 Å². The molecule has 5 heteroatoms. The fraction of sp³-hybridized carbons (Fsp3) is 0.480. The van der Waals surface area contributed by atoms with Crippen LogP contribution in [0.2, 0.25) is 0 Å². The zero-order chi connectivity index (χ0) is 20.8. The molecule has 1 aromatic carbocycles. The Hall–Kier alpha value is -2.53. The van der Waals surface area contributed by atoms with Gasteiger partial charge in [-0.2, -0.15) is 0 Å². The van der Waals surface area contributed by atoms with E-state index in [1.807, 2.05) is 13.0 Å². The van der Waals surface area contributed by atoms with E-state index in [9.17, 15) is 9.59 Å². The average molecular weight is 405 g/mol. The minimum Gasteiger partial charge on any atom is -0.384 e. The van der Waals surface area contributed by atoms with Gasteiger partial charge in [0.05, 0.1) is 13.2 Å². The van der Waals surface area contributed by atoms with Crippen molar-refractivity contribution in [1.29, 1.82) is 0 Å². The lowest BCUT2D eigenvalue weighted by molar-refractivity contribution is 0.0950. The number of benzene rings is 1. The minimum atomic E-state index is -0.0188. The Labute approximate surface area is 177 Å². The van der Waals surface area contributed by atoms with E-state index in [2.05, 4.69) is 30.4 Å². The number of Topliss-reactive ketones (excluding diaryl/α,β-unsaturated/α-hetero) is 2. The predicted octanol–water partition coefficient (Wildman–Crippen LogP) is 4.26. The summed E-state index contributed by atoms with van der Waals surface area (Å²) in [6, 6.07) is 9.92. The first-order chi connectivity index (χ1) is 14.6. The van der Waals surface area contributed by atoms with Crippen LogP contribution in [0.4, 0.5) is 5.69 Å². The summed E-state index contributed by atoms with van der Waals surface area (Å²) in [7, 11) is 0. The maximum absolute atomic E-state index is 13.1. The molecule has 1 unspecified atom stereocenters. The molecular formula is C25H28N2O3. The number of carbonyl (C=O) groups excluding carboxylic acids is 2. The third-order valence-electron chi connectivity index (χ3n) is 7.14. The molecule has 5 rings (SSSR count). The Bertz CT molecular complexity index is 1010. The van der Waals surface area contributed by atoms with E-state index in [0.717, 1.165) is 31.9 Å². The van der Waals surface area contributed by atoms with Gasteiger partial charge in [-0.05, 0) is 53.5 Å². The summed E-state index contributed by atoms with van der Waals surface area (Å²) in [5.74, 6) is 1.65. The van der Waals surface area contributed by atoms with Crippen LogP contribution in [0, 0.1) is 17.8 Å². The summed E-state index contributed by atoms with van der Waals surface area (Å²) < 4.78 is 5.45. The van der Waals surface area contributed by atoms with Crippen molar-refractivity contribution in [2.45, 2.75) is 39.0 Å². The molecule has 1 aromatic heterocycles. The molecule has 2 aliphatic heterocycles. The predicted molar refractivity (Wildman–Crippen MR) is 115 cm³/mol. The van der Waals surface area contributed by atoms with Crippen molar-refractivity contribution in [2.24, 2.45) is 17.8 Å². The first-order valence-electron chi connectivity index (χ1n) is 11.1. The maximum atomic E-state index is 13.1. The molecule has 1 saturated carbocycles. The molecule has 0 bridgehead atoms. The van der Waals surface area contributed by atoms with E-state index < -0.39 is 0 Å². The topological polar surface area (TPSA) is 68.3 Å². The van der Waals surface area contributed by atoms with Crippen LogP contribution in [0.5, 0.6) is 0 Å². The van der Waals surface area contributed by atoms with E-state index >= 15 is 0 Å². The van der Waals surface area contributed by atoms with Crippen LogP contribution >= 0.6 is 0 Å². The number of pyridine rings is 1. The van der Waals surface area contributed by atoms with Crippen molar-refractivity contribution in [2.75, 3.05) is 25.1 Å². The smallest absolute Gasteiger partial charge is 0.180 e. The van der Waals surface area contributed by atoms with Crippen molar-refractivity contribution in [3.63, 3.8) is 0 Å². The Morgan fingerprint density at radius 1 is 1.20 bits per heavy atom. The van der Waals surface area contributed by atoms with Crippen molar-refractivity contribution >= 4 is 17.3 Å². The van der Waals surface area contributed by atoms with E-state index in [0.29, 0.717) is 41.9 Å². The summed E-state index contributed by atoms with van der Waals surface area (Å²) in [6.07, 6.45) is 1.91. The van der Waals surface area contributed by atoms with Gasteiger partial charge in [0.15, 0.2) is 11.6 Å². The van der Waals surface area contributed by atoms with Crippen LogP contribution in [0.3, 0.4) is 0 Å². The van der Waals surface area contributed by atoms with Crippen LogP contribution in [0.25, 0.3) is 0 Å². The van der Waals surface area contributed by atoms with E-state index in [4.69, 9.17) is 9.72 Å². The lowest BCUT2D eigenvalue weighted by Crippen LogP contribution is -2.12. The molecule has 1 N–H and O–H groups in total. The second-order valence-electron chi connectivity index (χ2n) is 8.87. The number of ether oxygens (including phenoxy) is 1. The highest BCUT2D eigenvalue weighted by atomic mass is 16.5. The second-order valence-corrected chi connectivity index (χ2v) is 8.87. The minimum absolute atomic E-state index is 0.0183. The number of rotatable bonds is 7. The number of hydrogen-bond acceptors (Lipinski definition) is 5. The zero-order valence-corrected chi connectivity index (χ0v) is 17.6. The summed E-state index contributed by atoms with van der Waals surface area (Å²) in [4.78, 5) is 30.3. The van der Waals surface area contributed by atoms with Crippen LogP contribution < -0.4 is 5.32 Å². The lowest BCUT2D eigenvalue weighted by Gasteiger charge is -2.17. The van der Waals surface area contributed by atoms with Crippen LogP contribution in [-0.2, 0) is 11.2 Å². The highest BCUT2D eigenvalue weighted by Crippen LogP contribution is 2.53. The van der Waals surface area contributed by atoms with Gasteiger partial charge >= 0.3 is 0 Å². The molecule has 4 atom stereocenters. The Morgan fingerprint density at radius 2 is 2.00 bits per heavy atom. The van der Waals surface area contributed by atoms with Crippen molar-refractivity contribution in [3.8, 4) is 0 Å². The van der Waals surface area contributed by atoms with Crippen molar-refractivity contribution in [3.05, 3.63) is 58.4 Å². The second kappa shape index (κ2) is 7.62. The highest BCUT2D eigenvalue weighted by molar-refractivity contribution is 6.00. The zero-order valence-electron chi connectivity index (χ0n) is 17.6. The third-order valence-corrected chi connectivity index (χ3v) is 7.14. The monoisotopic (exact) mass is 404 g/mol. The number of aromatic nitrogens is 1. The fourth-order valence-corrected chi connectivity index (χ4v) is 5.19. The quantitative estimate of drug-likeness (QED) is 0.699. The first-order valence-corrected chi connectivity index (χ1v) is 11.1. The van der Waals surface area contributed by atoms with Gasteiger partial charge in [-0.25, -0.2) is 4.98 Å². The average Bonchev–Trinajstić information content (AvgIpc) is 3.16. The standard InChI is InChI=1S/C25H28N2O3/c1-3-24(28)23-10-15(25(29)11-18-19-12-30-13-20(18)19)9-22(27-23)14(2)16-5-4-6-21-17(16)7-8-26-21/h4-6,9-10,14,18-20,26H,3,7-8,11-13H2,1-2H3/t14-,18?,19-,20+/m1/s1.